The van der Waals surface area contributed by atoms with E-state index in [2.05, 4.69) is 57.5 Å². The van der Waals surface area contributed by atoms with Crippen molar-refractivity contribution in [3.63, 3.8) is 0 Å². The number of piperazine rings is 1. The monoisotopic (exact) mass is 431 g/mol. The van der Waals surface area contributed by atoms with Gasteiger partial charge in [0.1, 0.15) is 11.1 Å². The van der Waals surface area contributed by atoms with E-state index in [-0.39, 0.29) is 12.3 Å². The van der Waals surface area contributed by atoms with Crippen molar-refractivity contribution in [2.24, 2.45) is 0 Å². The van der Waals surface area contributed by atoms with Crippen LogP contribution in [0.2, 0.25) is 0 Å². The number of nitriles is 1. The number of anilines is 1. The lowest BCUT2D eigenvalue weighted by Gasteiger charge is -2.32. The molecule has 2 heterocycles. The van der Waals surface area contributed by atoms with E-state index in [9.17, 15) is 10.1 Å². The number of rotatable bonds is 6. The number of carbonyl (C=O) groups excluding carboxylic acids is 1. The van der Waals surface area contributed by atoms with E-state index in [0.717, 1.165) is 49.0 Å². The number of aromatic nitrogens is 1. The Kier molecular flexibility index (Phi) is 6.73. The van der Waals surface area contributed by atoms with Gasteiger partial charge in [-0.3, -0.25) is 9.69 Å². The first-order valence-corrected chi connectivity index (χ1v) is 11.2. The fourth-order valence-electron chi connectivity index (χ4n) is 3.64. The van der Waals surface area contributed by atoms with Gasteiger partial charge in [-0.15, -0.1) is 11.3 Å². The van der Waals surface area contributed by atoms with Gasteiger partial charge in [0.2, 0.25) is 5.91 Å². The molecule has 1 fully saturated rings. The van der Waals surface area contributed by atoms with Crippen LogP contribution in [-0.4, -0.2) is 53.9 Å². The van der Waals surface area contributed by atoms with Gasteiger partial charge in [-0.05, 0) is 30.8 Å². The van der Waals surface area contributed by atoms with Gasteiger partial charge in [0.15, 0.2) is 0 Å². The smallest absolute Gasteiger partial charge is 0.230 e. The number of amides is 1. The van der Waals surface area contributed by atoms with Gasteiger partial charge in [-0.1, -0.05) is 30.3 Å². The maximum atomic E-state index is 12.4. The van der Waals surface area contributed by atoms with Gasteiger partial charge in [0.05, 0.1) is 23.4 Å². The van der Waals surface area contributed by atoms with Crippen molar-refractivity contribution in [3.05, 3.63) is 70.7 Å². The molecule has 6 nitrogen and oxygen atoms in total. The first kappa shape index (κ1) is 21.2. The summed E-state index contributed by atoms with van der Waals surface area (Å²) in [5, 5.41) is 14.8. The van der Waals surface area contributed by atoms with Crippen molar-refractivity contribution in [3.8, 4) is 16.6 Å². The summed E-state index contributed by atoms with van der Waals surface area (Å²) in [5.41, 5.74) is 4.08. The summed E-state index contributed by atoms with van der Waals surface area (Å²) in [4.78, 5) is 21.9. The third-order valence-electron chi connectivity index (χ3n) is 5.39. The van der Waals surface area contributed by atoms with E-state index < -0.39 is 0 Å². The van der Waals surface area contributed by atoms with Gasteiger partial charge in [0.25, 0.3) is 0 Å². The van der Waals surface area contributed by atoms with Gasteiger partial charge < -0.3 is 10.2 Å². The zero-order valence-electron chi connectivity index (χ0n) is 17.5. The standard InChI is InChI=1S/C24H25N5OS/c1-28-9-11-29(12-10-28)16-18-5-4-7-19(13-18)24-26-21(17-31-24)14-23(30)27-22-8-3-2-6-20(22)15-25/h2-8,13,17H,9-12,14,16H2,1H3,(H,27,30). The third-order valence-corrected chi connectivity index (χ3v) is 6.33. The average molecular weight is 432 g/mol. The number of carbonyl (C=O) groups is 1. The number of nitrogens with one attached hydrogen (secondary N) is 1. The fourth-order valence-corrected chi connectivity index (χ4v) is 4.45. The highest BCUT2D eigenvalue weighted by Crippen LogP contribution is 2.25. The van der Waals surface area contributed by atoms with Crippen LogP contribution in [0.5, 0.6) is 0 Å². The Morgan fingerprint density at radius 3 is 2.77 bits per heavy atom. The highest BCUT2D eigenvalue weighted by atomic mass is 32.1. The first-order valence-electron chi connectivity index (χ1n) is 10.3. The van der Waals surface area contributed by atoms with Crippen LogP contribution in [0.15, 0.2) is 53.9 Å². The van der Waals surface area contributed by atoms with Gasteiger partial charge in [-0.2, -0.15) is 5.26 Å². The number of hydrogen-bond donors (Lipinski definition) is 1. The van der Waals surface area contributed by atoms with E-state index in [1.807, 2.05) is 5.38 Å². The summed E-state index contributed by atoms with van der Waals surface area (Å²) in [7, 11) is 2.17. The summed E-state index contributed by atoms with van der Waals surface area (Å²) < 4.78 is 0. The molecule has 0 saturated carbocycles. The molecule has 0 unspecified atom stereocenters. The fraction of sp³-hybridized carbons (Fsp3) is 0.292. The summed E-state index contributed by atoms with van der Waals surface area (Å²) >= 11 is 1.55. The van der Waals surface area contributed by atoms with Crippen molar-refractivity contribution in [2.75, 3.05) is 38.5 Å². The van der Waals surface area contributed by atoms with Gasteiger partial charge >= 0.3 is 0 Å². The van der Waals surface area contributed by atoms with Crippen molar-refractivity contribution in [2.45, 2.75) is 13.0 Å². The van der Waals surface area contributed by atoms with Gasteiger partial charge in [-0.25, -0.2) is 4.98 Å². The number of hydrogen-bond acceptors (Lipinski definition) is 6. The van der Waals surface area contributed by atoms with Crippen LogP contribution in [0.25, 0.3) is 10.6 Å². The van der Waals surface area contributed by atoms with Crippen LogP contribution < -0.4 is 5.32 Å². The predicted octanol–water partition coefficient (Wildman–Crippen LogP) is 3.61. The van der Waals surface area contributed by atoms with Crippen molar-refractivity contribution < 1.29 is 4.79 Å². The predicted molar refractivity (Wildman–Crippen MR) is 124 cm³/mol. The normalized spacial score (nSPS) is 14.8. The summed E-state index contributed by atoms with van der Waals surface area (Å²) in [6, 6.07) is 17.6. The molecule has 1 amide bonds. The molecule has 1 N–H and O–H groups in total. The van der Waals surface area contributed by atoms with Crippen molar-refractivity contribution in [1.82, 2.24) is 14.8 Å². The molecular formula is C24H25N5OS. The number of likely N-dealkylation sites (N-methyl/N-ethyl adjacent to an activating group) is 1. The molecule has 1 saturated heterocycles. The van der Waals surface area contributed by atoms with Crippen LogP contribution in [0.4, 0.5) is 5.69 Å². The number of nitrogens with zero attached hydrogens (tertiary/aromatic N) is 4. The summed E-state index contributed by atoms with van der Waals surface area (Å²) in [6.45, 7) is 5.34. The van der Waals surface area contributed by atoms with Crippen LogP contribution in [-0.2, 0) is 17.8 Å². The average Bonchev–Trinajstić information content (AvgIpc) is 3.24. The second kappa shape index (κ2) is 9.84. The lowest BCUT2D eigenvalue weighted by molar-refractivity contribution is -0.115. The molecule has 3 aromatic rings. The molecule has 0 spiro atoms. The maximum absolute atomic E-state index is 12.4. The molecule has 1 aliphatic rings. The topological polar surface area (TPSA) is 72.3 Å². The molecule has 0 radical (unpaired) electrons. The van der Waals surface area contributed by atoms with Gasteiger partial charge in [0, 0.05) is 43.7 Å². The number of thiazole rings is 1. The lowest BCUT2D eigenvalue weighted by atomic mass is 10.1. The highest BCUT2D eigenvalue weighted by molar-refractivity contribution is 7.13. The lowest BCUT2D eigenvalue weighted by Crippen LogP contribution is -2.43. The Morgan fingerprint density at radius 1 is 1.16 bits per heavy atom. The first-order chi connectivity index (χ1) is 15.1. The Morgan fingerprint density at radius 2 is 1.97 bits per heavy atom. The highest BCUT2D eigenvalue weighted by Gasteiger charge is 2.15. The minimum absolute atomic E-state index is 0.177. The second-order valence-electron chi connectivity index (χ2n) is 7.81. The Labute approximate surface area is 186 Å². The third kappa shape index (κ3) is 5.56. The molecule has 0 bridgehead atoms. The zero-order chi connectivity index (χ0) is 21.6. The second-order valence-corrected chi connectivity index (χ2v) is 8.66. The van der Waals surface area contributed by atoms with Crippen LogP contribution in [0.3, 0.4) is 0 Å². The van der Waals surface area contributed by atoms with Crippen LogP contribution in [0.1, 0.15) is 16.8 Å². The quantitative estimate of drug-likeness (QED) is 0.646. The maximum Gasteiger partial charge on any atom is 0.230 e. The SMILES string of the molecule is CN1CCN(Cc2cccc(-c3nc(CC(=O)Nc4ccccc4C#N)cs3)c2)CC1. The summed E-state index contributed by atoms with van der Waals surface area (Å²) in [6.07, 6.45) is 0.178. The molecule has 0 atom stereocenters. The van der Waals surface area contributed by atoms with Crippen molar-refractivity contribution >= 4 is 22.9 Å². The molecule has 1 aromatic heterocycles. The Bertz CT molecular complexity index is 1100. The number of benzene rings is 2. The minimum Gasteiger partial charge on any atom is -0.325 e. The molecule has 1 aliphatic heterocycles. The van der Waals surface area contributed by atoms with E-state index >= 15 is 0 Å². The molecule has 4 rings (SSSR count). The molecule has 31 heavy (non-hydrogen) atoms. The summed E-state index contributed by atoms with van der Waals surface area (Å²) in [5.74, 6) is -0.177. The molecular weight excluding hydrogens is 406 g/mol. The Balaban J connectivity index is 1.39. The van der Waals surface area contributed by atoms with E-state index in [0.29, 0.717) is 11.3 Å². The largest absolute Gasteiger partial charge is 0.325 e. The molecule has 0 aliphatic carbocycles. The molecule has 2 aromatic carbocycles. The molecule has 7 heteroatoms. The Hall–Kier alpha value is -3.05. The van der Waals surface area contributed by atoms with E-state index in [1.54, 1.807) is 35.6 Å². The van der Waals surface area contributed by atoms with Crippen LogP contribution in [0, 0.1) is 11.3 Å². The number of para-hydroxylation sites is 1. The van der Waals surface area contributed by atoms with Crippen molar-refractivity contribution in [1.29, 1.82) is 5.26 Å². The minimum atomic E-state index is -0.177. The van der Waals surface area contributed by atoms with Crippen LogP contribution >= 0.6 is 11.3 Å². The van der Waals surface area contributed by atoms with E-state index in [1.165, 1.54) is 5.56 Å². The zero-order valence-corrected chi connectivity index (χ0v) is 18.4. The van der Waals surface area contributed by atoms with E-state index in [4.69, 9.17) is 0 Å². The molecule has 158 valence electrons.